The minimum absolute atomic E-state index is 0.00194. The van der Waals surface area contributed by atoms with E-state index in [1.54, 1.807) is 27.7 Å². The van der Waals surface area contributed by atoms with Gasteiger partial charge in [-0.25, -0.2) is 8.78 Å². The number of aromatic nitrogens is 2. The lowest BCUT2D eigenvalue weighted by molar-refractivity contribution is -0.162. The molecule has 0 spiro atoms. The number of rotatable bonds is 8. The molecular weight excluding hydrogens is 610 g/mol. The molecule has 0 bridgehead atoms. The zero-order valence-corrected chi connectivity index (χ0v) is 24.8. The third-order valence-corrected chi connectivity index (χ3v) is 5.68. The van der Waals surface area contributed by atoms with Crippen LogP contribution in [0.15, 0.2) is 40.4 Å². The van der Waals surface area contributed by atoms with E-state index in [0.717, 1.165) is 28.4 Å². The van der Waals surface area contributed by atoms with Crippen LogP contribution < -0.4 is 20.5 Å². The summed E-state index contributed by atoms with van der Waals surface area (Å²) in [5.74, 6) is -3.20. The molecule has 0 saturated heterocycles. The second-order valence-electron chi connectivity index (χ2n) is 9.23. The van der Waals surface area contributed by atoms with Crippen LogP contribution in [0.3, 0.4) is 0 Å². The highest BCUT2D eigenvalue weighted by molar-refractivity contribution is 6.32. The number of ketones is 1. The van der Waals surface area contributed by atoms with Crippen LogP contribution >= 0.6 is 23.2 Å². The van der Waals surface area contributed by atoms with Crippen molar-refractivity contribution < 1.29 is 36.2 Å². The smallest absolute Gasteiger partial charge is 0.455 e. The minimum atomic E-state index is -5.03. The maximum Gasteiger partial charge on any atom is 0.455 e. The maximum absolute atomic E-state index is 14.1. The van der Waals surface area contributed by atoms with Crippen molar-refractivity contribution in [1.82, 2.24) is 9.78 Å². The highest BCUT2D eigenvalue weighted by atomic mass is 35.5. The van der Waals surface area contributed by atoms with E-state index >= 15 is 0 Å². The fourth-order valence-electron chi connectivity index (χ4n) is 3.01. The number of alkyl halides is 3. The Kier molecular flexibility index (Phi) is 11.9. The number of hydrogen-bond donors (Lipinski definition) is 1. The molecule has 1 heterocycles. The summed E-state index contributed by atoms with van der Waals surface area (Å²) in [6.07, 6.45) is -3.86. The summed E-state index contributed by atoms with van der Waals surface area (Å²) in [5, 5.41) is 7.18. The van der Waals surface area contributed by atoms with Crippen LogP contribution in [0.1, 0.15) is 38.8 Å². The monoisotopic (exact) mass is 636 g/mol. The molecule has 42 heavy (non-hydrogen) atoms. The van der Waals surface area contributed by atoms with Gasteiger partial charge in [-0.2, -0.15) is 28.1 Å². The quantitative estimate of drug-likeness (QED) is 0.159. The lowest BCUT2D eigenvalue weighted by Crippen LogP contribution is -2.25. The summed E-state index contributed by atoms with van der Waals surface area (Å²) < 4.78 is 75.3. The van der Waals surface area contributed by atoms with Crippen molar-refractivity contribution in [1.29, 1.82) is 0 Å². The molecule has 15 heteroatoms. The summed E-state index contributed by atoms with van der Waals surface area (Å²) in [6, 6.07) is 4.56. The Balaban J connectivity index is 0.000000293. The van der Waals surface area contributed by atoms with Gasteiger partial charge in [-0.05, 0) is 59.2 Å². The molecular formula is C27H27Cl2F5N4O4. The molecule has 0 aliphatic heterocycles. The summed E-state index contributed by atoms with van der Waals surface area (Å²) in [4.78, 5) is 22.8. The number of hydrazone groups is 1. The molecule has 1 aromatic heterocycles. The maximum atomic E-state index is 14.1. The van der Waals surface area contributed by atoms with Crippen molar-refractivity contribution in [3.05, 3.63) is 73.6 Å². The van der Waals surface area contributed by atoms with Gasteiger partial charge in [0, 0.05) is 17.7 Å². The fraction of sp³-hybridized carbons (Fsp3) is 0.333. The molecule has 8 nitrogen and oxygen atoms in total. The number of benzene rings is 2. The van der Waals surface area contributed by atoms with E-state index < -0.39 is 23.6 Å². The van der Waals surface area contributed by atoms with E-state index in [-0.39, 0.29) is 51.2 Å². The van der Waals surface area contributed by atoms with E-state index in [2.05, 4.69) is 10.2 Å². The third kappa shape index (κ3) is 9.41. The van der Waals surface area contributed by atoms with Crippen molar-refractivity contribution >= 4 is 40.9 Å². The Morgan fingerprint density at radius 2 is 1.50 bits per heavy atom. The molecule has 0 amide bonds. The normalized spacial score (nSPS) is 11.5. The van der Waals surface area contributed by atoms with Crippen molar-refractivity contribution in [3.8, 4) is 17.2 Å². The minimum Gasteiger partial charge on any atom is -0.489 e. The molecule has 0 atom stereocenters. The molecule has 0 saturated carbocycles. The first-order valence-electron chi connectivity index (χ1n) is 12.2. The van der Waals surface area contributed by atoms with Crippen LogP contribution in [0.5, 0.6) is 11.5 Å². The average Bonchev–Trinajstić information content (AvgIpc) is 2.86. The Morgan fingerprint density at radius 1 is 0.976 bits per heavy atom. The summed E-state index contributed by atoms with van der Waals surface area (Å²) in [7, 11) is 0. The van der Waals surface area contributed by atoms with Crippen molar-refractivity contribution in [2.45, 2.75) is 59.9 Å². The number of halogens is 7. The topological polar surface area (TPSA) is 94.8 Å². The Hall–Kier alpha value is -3.71. The van der Waals surface area contributed by atoms with Crippen molar-refractivity contribution in [2.75, 3.05) is 5.43 Å². The van der Waals surface area contributed by atoms with Gasteiger partial charge in [0.15, 0.2) is 5.82 Å². The van der Waals surface area contributed by atoms with Gasteiger partial charge in [0.05, 0.1) is 40.4 Å². The number of aryl methyl sites for hydroxylation is 1. The summed E-state index contributed by atoms with van der Waals surface area (Å²) in [6.45, 7) is 10.5. The number of anilines is 1. The van der Waals surface area contributed by atoms with Gasteiger partial charge in [0.2, 0.25) is 0 Å². The zero-order chi connectivity index (χ0) is 31.9. The molecule has 3 aromatic rings. The first-order valence-corrected chi connectivity index (χ1v) is 13.0. The molecule has 0 aliphatic rings. The van der Waals surface area contributed by atoms with Crippen molar-refractivity contribution in [3.63, 3.8) is 0 Å². The summed E-state index contributed by atoms with van der Waals surface area (Å²) in [5.41, 5.74) is 2.64. The zero-order valence-electron chi connectivity index (χ0n) is 23.2. The number of Topliss-reactive ketones (excluding diaryl/α,β-unsaturated/α-hetero) is 1. The van der Waals surface area contributed by atoms with Gasteiger partial charge in [-0.3, -0.25) is 15.0 Å². The molecule has 0 unspecified atom stereocenters. The highest BCUT2D eigenvalue weighted by Crippen LogP contribution is 2.32. The molecule has 2 aromatic carbocycles. The van der Waals surface area contributed by atoms with Crippen molar-refractivity contribution in [2.24, 2.45) is 5.10 Å². The number of nitrogens with one attached hydrogen (secondary N) is 1. The van der Waals surface area contributed by atoms with Crippen LogP contribution in [0.2, 0.25) is 10.0 Å². The average molecular weight is 637 g/mol. The first kappa shape index (κ1) is 34.5. The van der Waals surface area contributed by atoms with E-state index in [0.29, 0.717) is 11.3 Å². The number of hydrogen-bond acceptors (Lipinski definition) is 7. The van der Waals surface area contributed by atoms with E-state index in [4.69, 9.17) is 32.7 Å². The molecule has 0 radical (unpaired) electrons. The molecule has 0 aliphatic carbocycles. The van der Waals surface area contributed by atoms with E-state index in [9.17, 15) is 31.5 Å². The predicted molar refractivity (Wildman–Crippen MR) is 150 cm³/mol. The lowest BCUT2D eigenvalue weighted by atomic mass is 10.2. The first-order chi connectivity index (χ1) is 19.4. The highest BCUT2D eigenvalue weighted by Gasteiger charge is 2.36. The largest absolute Gasteiger partial charge is 0.489 e. The van der Waals surface area contributed by atoms with Gasteiger partial charge in [-0.15, -0.1) is 0 Å². The Bertz CT molecular complexity index is 1530. The molecule has 0 fully saturated rings. The van der Waals surface area contributed by atoms with Gasteiger partial charge < -0.3 is 9.47 Å². The molecule has 3 rings (SSSR count). The molecule has 228 valence electrons. The fourth-order valence-corrected chi connectivity index (χ4v) is 3.40. The van der Waals surface area contributed by atoms with Gasteiger partial charge in [0.25, 0.3) is 11.3 Å². The molecule has 1 N–H and O–H groups in total. The van der Waals surface area contributed by atoms with Gasteiger partial charge in [-0.1, -0.05) is 23.2 Å². The van der Waals surface area contributed by atoms with Crippen LogP contribution in [0.25, 0.3) is 5.69 Å². The second-order valence-corrected chi connectivity index (χ2v) is 10.0. The van der Waals surface area contributed by atoms with Crippen LogP contribution in [0, 0.1) is 25.5 Å². The SMILES string of the molecule is CC(C)Oc1cc(N/N=C/C(=O)C(F)(F)F)c(F)cc1Cl.Cc1cnn(-c2cc(OC(C)C)c(Cl)cc2F)c(=O)c1C. The van der Waals surface area contributed by atoms with Crippen LogP contribution in [0.4, 0.5) is 27.6 Å². The number of ether oxygens (including phenoxy) is 2. The third-order valence-electron chi connectivity index (χ3n) is 5.09. The van der Waals surface area contributed by atoms with E-state index in [1.165, 1.54) is 12.3 Å². The van der Waals surface area contributed by atoms with Gasteiger partial charge in [0.1, 0.15) is 23.0 Å². The Labute approximate surface area is 248 Å². The summed E-state index contributed by atoms with van der Waals surface area (Å²) >= 11 is 11.7. The van der Waals surface area contributed by atoms with Crippen LogP contribution in [-0.2, 0) is 4.79 Å². The van der Waals surface area contributed by atoms with Crippen LogP contribution in [-0.4, -0.2) is 40.2 Å². The Morgan fingerprint density at radius 3 is 2.02 bits per heavy atom. The standard InChI is InChI=1S/C15H16ClFN2O2.C12H11ClF4N2O2/c1-8(2)21-14-6-13(12(17)5-11(14)16)19-15(20)10(4)9(3)7-18-19;1-6(2)21-10-4-9(8(14)3-7(10)13)19-18-5-11(20)12(15,16)17/h5-8H,1-4H3;3-6,19H,1-2H3/b;18-5+. The number of carbonyl (C=O) groups is 1. The second kappa shape index (κ2) is 14.5. The number of carbonyl (C=O) groups excluding carboxylic acids is 1. The number of nitrogens with zero attached hydrogens (tertiary/aromatic N) is 3. The van der Waals surface area contributed by atoms with E-state index in [1.807, 2.05) is 19.3 Å². The predicted octanol–water partition coefficient (Wildman–Crippen LogP) is 7.22. The van der Waals surface area contributed by atoms with Gasteiger partial charge >= 0.3 is 6.18 Å². The lowest BCUT2D eigenvalue weighted by Gasteiger charge is -2.14.